The standard InChI is InChI=1S/C30H27F3N8O2/c1-36-30(9-10-30)13-17(14-34)29(42)40-11-3-4-18(40)15-41-28-24(27(35)37-16-38-28)26(39-41)20-8-7-19(12-22(20)32)43-23-6-2-5-21(31)25(23)33/h2,5-8,12-13,16,18,36H,3-4,9-11,15H2,1H3,(H2,35,37,38)/b17-13+/t18-/m1/s1. The number of carbonyl (C=O) groups excluding carboxylic acids is 1. The van der Waals surface area contributed by atoms with Crippen LogP contribution in [-0.4, -0.2) is 55.7 Å². The van der Waals surface area contributed by atoms with Gasteiger partial charge >= 0.3 is 0 Å². The molecule has 0 unspecified atom stereocenters. The van der Waals surface area contributed by atoms with Crippen LogP contribution in [0.2, 0.25) is 0 Å². The van der Waals surface area contributed by atoms with Gasteiger partial charge in [0.2, 0.25) is 5.82 Å². The van der Waals surface area contributed by atoms with Gasteiger partial charge < -0.3 is 20.7 Å². The molecule has 0 bridgehead atoms. The topological polar surface area (TPSA) is 135 Å². The SMILES string of the molecule is CNC1(/C=C(\C#N)C(=O)N2CCC[C@@H]2Cn2nc(-c3ccc(Oc4cccc(F)c4F)cc3F)c3c(N)ncnc32)CC1. The van der Waals surface area contributed by atoms with E-state index < -0.39 is 17.5 Å². The molecule has 1 saturated heterocycles. The highest BCUT2D eigenvalue weighted by Crippen LogP contribution is 2.38. The molecular weight excluding hydrogens is 561 g/mol. The number of halogens is 3. The van der Waals surface area contributed by atoms with Crippen LogP contribution in [0.15, 0.2) is 54.4 Å². The number of benzene rings is 2. The number of hydrogen-bond acceptors (Lipinski definition) is 8. The highest BCUT2D eigenvalue weighted by Gasteiger charge is 2.41. The summed E-state index contributed by atoms with van der Waals surface area (Å²) in [7, 11) is 1.81. The molecule has 10 nitrogen and oxygen atoms in total. The summed E-state index contributed by atoms with van der Waals surface area (Å²) in [4.78, 5) is 23.5. The molecule has 3 N–H and O–H groups in total. The smallest absolute Gasteiger partial charge is 0.264 e. The van der Waals surface area contributed by atoms with E-state index in [1.807, 2.05) is 7.05 Å². The van der Waals surface area contributed by atoms with Crippen molar-refractivity contribution in [3.63, 3.8) is 0 Å². The minimum absolute atomic E-state index is 0.0496. The Morgan fingerprint density at radius 2 is 2.05 bits per heavy atom. The zero-order valence-corrected chi connectivity index (χ0v) is 23.1. The van der Waals surface area contributed by atoms with Gasteiger partial charge in [-0.1, -0.05) is 6.07 Å². The maximum absolute atomic E-state index is 15.5. The minimum atomic E-state index is -1.19. The maximum Gasteiger partial charge on any atom is 0.264 e. The molecule has 1 amide bonds. The molecule has 1 atom stereocenters. The first kappa shape index (κ1) is 28.2. The van der Waals surface area contributed by atoms with E-state index in [-0.39, 0.29) is 58.2 Å². The van der Waals surface area contributed by atoms with E-state index in [0.717, 1.165) is 31.4 Å². The van der Waals surface area contributed by atoms with Crippen molar-refractivity contribution in [2.45, 2.75) is 43.8 Å². The number of anilines is 1. The molecule has 2 aliphatic rings. The first-order valence-electron chi connectivity index (χ1n) is 13.7. The van der Waals surface area contributed by atoms with Crippen molar-refractivity contribution >= 4 is 22.8 Å². The molecular formula is C30H27F3N8O2. The van der Waals surface area contributed by atoms with Crippen LogP contribution in [0.1, 0.15) is 25.7 Å². The van der Waals surface area contributed by atoms with Crippen LogP contribution in [0.3, 0.4) is 0 Å². The van der Waals surface area contributed by atoms with Gasteiger partial charge in [-0.2, -0.15) is 14.8 Å². The second kappa shape index (κ2) is 11.0. The number of nitriles is 1. The van der Waals surface area contributed by atoms with Crippen LogP contribution >= 0.6 is 0 Å². The van der Waals surface area contributed by atoms with Crippen LogP contribution in [0, 0.1) is 28.8 Å². The monoisotopic (exact) mass is 588 g/mol. The van der Waals surface area contributed by atoms with Crippen molar-refractivity contribution in [1.82, 2.24) is 30.0 Å². The number of hydrogen-bond donors (Lipinski definition) is 2. The quantitative estimate of drug-likeness (QED) is 0.227. The average molecular weight is 589 g/mol. The van der Waals surface area contributed by atoms with E-state index in [0.29, 0.717) is 24.0 Å². The van der Waals surface area contributed by atoms with E-state index >= 15 is 4.39 Å². The number of nitrogens with one attached hydrogen (secondary N) is 1. The number of rotatable bonds is 8. The lowest BCUT2D eigenvalue weighted by Gasteiger charge is -2.25. The van der Waals surface area contributed by atoms with Crippen molar-refractivity contribution < 1.29 is 22.7 Å². The number of nitrogens with zero attached hydrogens (tertiary/aromatic N) is 6. The van der Waals surface area contributed by atoms with Gasteiger partial charge in [-0.3, -0.25) is 4.79 Å². The molecule has 1 saturated carbocycles. The summed E-state index contributed by atoms with van der Waals surface area (Å²) >= 11 is 0. The lowest BCUT2D eigenvalue weighted by Crippen LogP contribution is -2.39. The van der Waals surface area contributed by atoms with E-state index in [1.54, 1.807) is 15.7 Å². The molecule has 2 aromatic carbocycles. The van der Waals surface area contributed by atoms with Gasteiger partial charge in [-0.15, -0.1) is 0 Å². The Labute approximate surface area is 244 Å². The lowest BCUT2D eigenvalue weighted by molar-refractivity contribution is -0.127. The first-order chi connectivity index (χ1) is 20.7. The Balaban J connectivity index is 1.31. The van der Waals surface area contributed by atoms with E-state index in [2.05, 4.69) is 26.5 Å². The highest BCUT2D eigenvalue weighted by molar-refractivity contribution is 5.99. The van der Waals surface area contributed by atoms with Crippen LogP contribution < -0.4 is 15.8 Å². The molecule has 0 spiro atoms. The largest absolute Gasteiger partial charge is 0.454 e. The third-order valence-corrected chi connectivity index (χ3v) is 7.98. The van der Waals surface area contributed by atoms with Gasteiger partial charge in [-0.05, 0) is 63.1 Å². The highest BCUT2D eigenvalue weighted by atomic mass is 19.2. The zero-order valence-electron chi connectivity index (χ0n) is 23.1. The summed E-state index contributed by atoms with van der Waals surface area (Å²) in [6.07, 6.45) is 6.15. The minimum Gasteiger partial charge on any atom is -0.454 e. The van der Waals surface area contributed by atoms with Crippen molar-refractivity contribution in [2.75, 3.05) is 19.3 Å². The molecule has 1 aliphatic carbocycles. The van der Waals surface area contributed by atoms with E-state index in [1.165, 1.54) is 30.6 Å². The van der Waals surface area contributed by atoms with Crippen molar-refractivity contribution in [1.29, 1.82) is 5.26 Å². The first-order valence-corrected chi connectivity index (χ1v) is 13.7. The number of carbonyl (C=O) groups is 1. The number of nitrogens with two attached hydrogens (primary N) is 1. The molecule has 43 heavy (non-hydrogen) atoms. The molecule has 2 fully saturated rings. The maximum atomic E-state index is 15.5. The average Bonchev–Trinajstić information content (AvgIpc) is 3.46. The summed E-state index contributed by atoms with van der Waals surface area (Å²) in [6.45, 7) is 0.719. The molecule has 1 aliphatic heterocycles. The summed E-state index contributed by atoms with van der Waals surface area (Å²) in [5.74, 6) is -3.71. The van der Waals surface area contributed by atoms with Crippen molar-refractivity contribution in [3.05, 3.63) is 71.8 Å². The van der Waals surface area contributed by atoms with Crippen LogP contribution in [0.4, 0.5) is 19.0 Å². The summed E-state index contributed by atoms with van der Waals surface area (Å²) in [5.41, 5.74) is 6.57. The fraction of sp³-hybridized carbons (Fsp3) is 0.300. The molecule has 4 aromatic rings. The third kappa shape index (κ3) is 5.25. The molecule has 0 radical (unpaired) electrons. The number of amides is 1. The van der Waals surface area contributed by atoms with Crippen LogP contribution in [0.25, 0.3) is 22.3 Å². The fourth-order valence-corrected chi connectivity index (χ4v) is 5.45. The third-order valence-electron chi connectivity index (χ3n) is 7.98. The van der Waals surface area contributed by atoms with Gasteiger partial charge in [0.15, 0.2) is 17.2 Å². The second-order valence-corrected chi connectivity index (χ2v) is 10.7. The van der Waals surface area contributed by atoms with E-state index in [4.69, 9.17) is 10.5 Å². The summed E-state index contributed by atoms with van der Waals surface area (Å²) < 4.78 is 50.1. The number of fused-ring (bicyclic) bond motifs is 1. The van der Waals surface area contributed by atoms with Gasteiger partial charge in [-0.25, -0.2) is 23.4 Å². The van der Waals surface area contributed by atoms with Gasteiger partial charge in [0.25, 0.3) is 5.91 Å². The summed E-state index contributed by atoms with van der Waals surface area (Å²) in [5, 5.41) is 17.9. The van der Waals surface area contributed by atoms with Gasteiger partial charge in [0, 0.05) is 23.7 Å². The number of aromatic nitrogens is 4. The Bertz CT molecular complexity index is 1810. The van der Waals surface area contributed by atoms with Gasteiger partial charge in [0.05, 0.1) is 18.0 Å². The number of likely N-dealkylation sites (N-methyl/N-ethyl adjacent to an activating group) is 1. The van der Waals surface area contributed by atoms with Crippen molar-refractivity contribution in [3.8, 4) is 28.8 Å². The molecule has 6 rings (SSSR count). The predicted molar refractivity (Wildman–Crippen MR) is 151 cm³/mol. The number of likely N-dealkylation sites (tertiary alicyclic amines) is 1. The van der Waals surface area contributed by atoms with E-state index in [9.17, 15) is 18.8 Å². The Kier molecular flexibility index (Phi) is 7.23. The number of nitrogen functional groups attached to an aromatic ring is 1. The number of ether oxygens (including phenoxy) is 1. The predicted octanol–water partition coefficient (Wildman–Crippen LogP) is 4.48. The molecule has 2 aromatic heterocycles. The lowest BCUT2D eigenvalue weighted by atomic mass is 10.1. The Morgan fingerprint density at radius 1 is 1.23 bits per heavy atom. The molecule has 13 heteroatoms. The second-order valence-electron chi connectivity index (χ2n) is 10.7. The zero-order chi connectivity index (χ0) is 30.3. The molecule has 220 valence electrons. The van der Waals surface area contributed by atoms with Crippen molar-refractivity contribution in [2.24, 2.45) is 0 Å². The fourth-order valence-electron chi connectivity index (χ4n) is 5.45. The molecule has 3 heterocycles. The van der Waals surface area contributed by atoms with Gasteiger partial charge in [0.1, 0.15) is 41.0 Å². The summed E-state index contributed by atoms with van der Waals surface area (Å²) in [6, 6.07) is 9.07. The van der Waals surface area contributed by atoms with Crippen LogP contribution in [-0.2, 0) is 11.3 Å². The Hall–Kier alpha value is -4.96. The normalized spacial score (nSPS) is 17.7. The van der Waals surface area contributed by atoms with Crippen LogP contribution in [0.5, 0.6) is 11.5 Å². The Morgan fingerprint density at radius 3 is 2.77 bits per heavy atom.